The lowest BCUT2D eigenvalue weighted by atomic mass is 10.2. The van der Waals surface area contributed by atoms with Crippen molar-refractivity contribution in [3.05, 3.63) is 71.9 Å². The Morgan fingerprint density at radius 3 is 2.75 bits per heavy atom. The van der Waals surface area contributed by atoms with Crippen molar-refractivity contribution in [3.8, 4) is 0 Å². The van der Waals surface area contributed by atoms with E-state index in [4.69, 9.17) is 0 Å². The van der Waals surface area contributed by atoms with Crippen LogP contribution in [0.15, 0.2) is 55.0 Å². The minimum atomic E-state index is -0.313. The van der Waals surface area contributed by atoms with Gasteiger partial charge in [0.15, 0.2) is 0 Å². The summed E-state index contributed by atoms with van der Waals surface area (Å²) in [6.07, 6.45) is 6.55. The quantitative estimate of drug-likeness (QED) is 0.898. The van der Waals surface area contributed by atoms with Crippen molar-refractivity contribution in [1.29, 1.82) is 0 Å². The van der Waals surface area contributed by atoms with Gasteiger partial charge in [0.2, 0.25) is 0 Å². The van der Waals surface area contributed by atoms with E-state index in [1.165, 1.54) is 18.3 Å². The maximum absolute atomic E-state index is 12.7. The molecule has 0 aliphatic rings. The molecule has 1 aromatic heterocycles. The Morgan fingerprint density at radius 2 is 2.05 bits per heavy atom. The van der Waals surface area contributed by atoms with E-state index in [2.05, 4.69) is 15.6 Å². The number of hydrogen-bond acceptors (Lipinski definition) is 2. The van der Waals surface area contributed by atoms with E-state index in [9.17, 15) is 9.18 Å². The van der Waals surface area contributed by atoms with Gasteiger partial charge in [-0.25, -0.2) is 9.18 Å². The second-order valence-electron chi connectivity index (χ2n) is 4.07. The molecule has 2 aromatic rings. The Morgan fingerprint density at radius 1 is 1.25 bits per heavy atom. The Labute approximate surface area is 116 Å². The summed E-state index contributed by atoms with van der Waals surface area (Å²) < 4.78 is 12.7. The SMILES string of the molecule is O=C(N/C=C/c1ccc(F)cc1)NCc1cccnc1. The number of carbonyl (C=O) groups is 1. The summed E-state index contributed by atoms with van der Waals surface area (Å²) >= 11 is 0. The molecule has 2 amide bonds. The van der Waals surface area contributed by atoms with Gasteiger partial charge in [-0.05, 0) is 35.4 Å². The first-order valence-electron chi connectivity index (χ1n) is 6.09. The van der Waals surface area contributed by atoms with Crippen LogP contribution in [0.2, 0.25) is 0 Å². The third-order valence-corrected chi connectivity index (χ3v) is 2.54. The average molecular weight is 271 g/mol. The summed E-state index contributed by atoms with van der Waals surface area (Å²) in [6, 6.07) is 9.35. The van der Waals surface area contributed by atoms with Crippen molar-refractivity contribution in [2.24, 2.45) is 0 Å². The van der Waals surface area contributed by atoms with Gasteiger partial charge in [-0.1, -0.05) is 18.2 Å². The van der Waals surface area contributed by atoms with E-state index in [1.54, 1.807) is 30.6 Å². The van der Waals surface area contributed by atoms with Gasteiger partial charge in [0.05, 0.1) is 0 Å². The van der Waals surface area contributed by atoms with Crippen LogP contribution in [0.1, 0.15) is 11.1 Å². The lowest BCUT2D eigenvalue weighted by Crippen LogP contribution is -2.31. The molecular formula is C15H14FN3O. The molecule has 4 nitrogen and oxygen atoms in total. The van der Waals surface area contributed by atoms with Crippen LogP contribution in [0.3, 0.4) is 0 Å². The van der Waals surface area contributed by atoms with Gasteiger partial charge in [-0.3, -0.25) is 4.98 Å². The number of nitrogens with zero attached hydrogens (tertiary/aromatic N) is 1. The summed E-state index contributed by atoms with van der Waals surface area (Å²) in [7, 11) is 0. The molecule has 0 fully saturated rings. The van der Waals surface area contributed by atoms with Gasteiger partial charge < -0.3 is 10.6 Å². The summed E-state index contributed by atoms with van der Waals surface area (Å²) in [4.78, 5) is 15.5. The smallest absolute Gasteiger partial charge is 0.319 e. The van der Waals surface area contributed by atoms with Crippen LogP contribution in [0.4, 0.5) is 9.18 Å². The van der Waals surface area contributed by atoms with Crippen molar-refractivity contribution < 1.29 is 9.18 Å². The summed E-state index contributed by atoms with van der Waals surface area (Å²) in [6.45, 7) is 0.407. The molecule has 1 aromatic carbocycles. The highest BCUT2D eigenvalue weighted by molar-refractivity contribution is 5.75. The van der Waals surface area contributed by atoms with Crippen LogP contribution >= 0.6 is 0 Å². The zero-order valence-corrected chi connectivity index (χ0v) is 10.7. The van der Waals surface area contributed by atoms with Crippen LogP contribution < -0.4 is 10.6 Å². The minimum absolute atomic E-state index is 0.288. The summed E-state index contributed by atoms with van der Waals surface area (Å²) in [5.74, 6) is -0.288. The van der Waals surface area contributed by atoms with E-state index in [-0.39, 0.29) is 11.8 Å². The van der Waals surface area contributed by atoms with Crippen molar-refractivity contribution >= 4 is 12.1 Å². The molecule has 0 spiro atoms. The highest BCUT2D eigenvalue weighted by Crippen LogP contribution is 2.03. The number of halogens is 1. The van der Waals surface area contributed by atoms with Crippen molar-refractivity contribution in [3.63, 3.8) is 0 Å². The molecule has 5 heteroatoms. The molecule has 0 saturated heterocycles. The molecule has 0 saturated carbocycles. The predicted octanol–water partition coefficient (Wildman–Crippen LogP) is 2.69. The maximum Gasteiger partial charge on any atom is 0.319 e. The lowest BCUT2D eigenvalue weighted by Gasteiger charge is -2.04. The molecule has 102 valence electrons. The molecule has 0 aliphatic heterocycles. The van der Waals surface area contributed by atoms with Gasteiger partial charge in [0, 0.05) is 25.1 Å². The fourth-order valence-corrected chi connectivity index (χ4v) is 1.52. The van der Waals surface area contributed by atoms with E-state index < -0.39 is 0 Å². The minimum Gasteiger partial charge on any atom is -0.334 e. The van der Waals surface area contributed by atoms with Crippen molar-refractivity contribution in [1.82, 2.24) is 15.6 Å². The van der Waals surface area contributed by atoms with Gasteiger partial charge in [-0.15, -0.1) is 0 Å². The topological polar surface area (TPSA) is 54.0 Å². The third kappa shape index (κ3) is 4.53. The second-order valence-corrected chi connectivity index (χ2v) is 4.07. The fourth-order valence-electron chi connectivity index (χ4n) is 1.52. The molecule has 1 heterocycles. The third-order valence-electron chi connectivity index (χ3n) is 2.54. The Hall–Kier alpha value is -2.69. The first-order valence-corrected chi connectivity index (χ1v) is 6.09. The lowest BCUT2D eigenvalue weighted by molar-refractivity contribution is 0.244. The summed E-state index contributed by atoms with van der Waals surface area (Å²) in [5.41, 5.74) is 1.73. The van der Waals surface area contributed by atoms with E-state index in [0.29, 0.717) is 6.54 Å². The highest BCUT2D eigenvalue weighted by atomic mass is 19.1. The van der Waals surface area contributed by atoms with E-state index in [1.807, 2.05) is 12.1 Å². The number of hydrogen-bond donors (Lipinski definition) is 2. The Balaban J connectivity index is 1.76. The van der Waals surface area contributed by atoms with Crippen molar-refractivity contribution in [2.75, 3.05) is 0 Å². The standard InChI is InChI=1S/C15H14FN3O/c16-14-5-3-12(4-6-14)7-9-18-15(20)19-11-13-2-1-8-17-10-13/h1-10H,11H2,(H2,18,19,20)/b9-7+. The number of urea groups is 1. The Bertz CT molecular complexity index is 582. The normalized spacial score (nSPS) is 10.4. The number of benzene rings is 1. The van der Waals surface area contributed by atoms with Crippen LogP contribution in [0, 0.1) is 5.82 Å². The van der Waals surface area contributed by atoms with E-state index in [0.717, 1.165) is 11.1 Å². The Kier molecular flexibility index (Phi) is 4.83. The number of carbonyl (C=O) groups excluding carboxylic acids is 1. The number of pyridine rings is 1. The molecular weight excluding hydrogens is 257 g/mol. The van der Waals surface area contributed by atoms with E-state index >= 15 is 0 Å². The van der Waals surface area contributed by atoms with Crippen molar-refractivity contribution in [2.45, 2.75) is 6.54 Å². The molecule has 0 unspecified atom stereocenters. The van der Waals surface area contributed by atoms with Gasteiger partial charge in [0.1, 0.15) is 5.82 Å². The number of amides is 2. The second kappa shape index (κ2) is 7.04. The number of rotatable bonds is 4. The predicted molar refractivity (Wildman–Crippen MR) is 75.0 cm³/mol. The molecule has 0 radical (unpaired) electrons. The first-order chi connectivity index (χ1) is 9.74. The molecule has 0 bridgehead atoms. The van der Waals surface area contributed by atoms with Crippen LogP contribution in [-0.2, 0) is 6.54 Å². The largest absolute Gasteiger partial charge is 0.334 e. The highest BCUT2D eigenvalue weighted by Gasteiger charge is 1.97. The zero-order chi connectivity index (χ0) is 14.2. The zero-order valence-electron chi connectivity index (χ0n) is 10.7. The van der Waals surface area contributed by atoms with Crippen LogP contribution in [0.25, 0.3) is 6.08 Å². The average Bonchev–Trinajstić information content (AvgIpc) is 2.48. The molecule has 2 N–H and O–H groups in total. The number of aromatic nitrogens is 1. The first kappa shape index (κ1) is 13.7. The molecule has 0 atom stereocenters. The van der Waals surface area contributed by atoms with Gasteiger partial charge in [-0.2, -0.15) is 0 Å². The van der Waals surface area contributed by atoms with Gasteiger partial charge in [0.25, 0.3) is 0 Å². The molecule has 20 heavy (non-hydrogen) atoms. The number of nitrogens with one attached hydrogen (secondary N) is 2. The molecule has 0 aliphatic carbocycles. The summed E-state index contributed by atoms with van der Waals surface area (Å²) in [5, 5.41) is 5.26. The monoisotopic (exact) mass is 271 g/mol. The fraction of sp³-hybridized carbons (Fsp3) is 0.0667. The molecule has 2 rings (SSSR count). The van der Waals surface area contributed by atoms with Crippen LogP contribution in [-0.4, -0.2) is 11.0 Å². The van der Waals surface area contributed by atoms with Gasteiger partial charge >= 0.3 is 6.03 Å². The van der Waals surface area contributed by atoms with Crippen LogP contribution in [0.5, 0.6) is 0 Å². The maximum atomic E-state index is 12.7.